The van der Waals surface area contributed by atoms with Crippen molar-refractivity contribution in [1.29, 1.82) is 0 Å². The molecule has 1 aromatic heterocycles. The summed E-state index contributed by atoms with van der Waals surface area (Å²) in [6, 6.07) is 5.91. The molecule has 0 amide bonds. The van der Waals surface area contributed by atoms with E-state index in [2.05, 4.69) is 27.2 Å². The third-order valence-electron chi connectivity index (χ3n) is 4.99. The number of hydrogen-bond donors (Lipinski definition) is 2. The third kappa shape index (κ3) is 4.42. The number of aromatic nitrogens is 2. The number of nitrogens with two attached hydrogens (primary N) is 1. The van der Waals surface area contributed by atoms with Gasteiger partial charge in [-0.15, -0.1) is 0 Å². The summed E-state index contributed by atoms with van der Waals surface area (Å²) in [4.78, 5) is 11.0. The van der Waals surface area contributed by atoms with Crippen LogP contribution in [0.2, 0.25) is 0 Å². The largest absolute Gasteiger partial charge is 0.493 e. The van der Waals surface area contributed by atoms with E-state index in [1.54, 1.807) is 7.11 Å². The van der Waals surface area contributed by atoms with Gasteiger partial charge in [0.15, 0.2) is 11.5 Å². The van der Waals surface area contributed by atoms with E-state index in [4.69, 9.17) is 15.2 Å². The van der Waals surface area contributed by atoms with E-state index in [1.165, 1.54) is 19.4 Å². The molecule has 2 heterocycles. The van der Waals surface area contributed by atoms with Gasteiger partial charge in [0.2, 0.25) is 5.95 Å². The molecule has 0 radical (unpaired) electrons. The van der Waals surface area contributed by atoms with Crippen molar-refractivity contribution < 1.29 is 9.47 Å². The molecule has 7 heteroatoms. The van der Waals surface area contributed by atoms with Crippen LogP contribution in [-0.2, 0) is 0 Å². The standard InChI is InChI=1S/C20H29N5O2/c1-13-18(19(22-2)24-20(21)23-13)15-7-8-16(26-4)17(10-15)27-12-14-6-5-9-25(3)11-14/h7-8,10,14H,5-6,9,11-12H2,1-4H3,(H3,21,22,23,24). The molecule has 3 rings (SSSR count). The minimum Gasteiger partial charge on any atom is -0.493 e. The highest BCUT2D eigenvalue weighted by atomic mass is 16.5. The van der Waals surface area contributed by atoms with Crippen molar-refractivity contribution >= 4 is 11.8 Å². The van der Waals surface area contributed by atoms with E-state index in [0.29, 0.717) is 18.3 Å². The number of nitrogens with one attached hydrogen (secondary N) is 1. The van der Waals surface area contributed by atoms with Crippen molar-refractivity contribution in [3.63, 3.8) is 0 Å². The van der Waals surface area contributed by atoms with Crippen molar-refractivity contribution in [2.24, 2.45) is 5.92 Å². The smallest absolute Gasteiger partial charge is 0.222 e. The van der Waals surface area contributed by atoms with Gasteiger partial charge in [-0.2, -0.15) is 4.98 Å². The molecule has 27 heavy (non-hydrogen) atoms. The molecule has 1 saturated heterocycles. The molecular weight excluding hydrogens is 342 g/mol. The first-order valence-corrected chi connectivity index (χ1v) is 9.33. The number of nitrogen functional groups attached to an aromatic ring is 1. The number of piperidine rings is 1. The summed E-state index contributed by atoms with van der Waals surface area (Å²) in [5.41, 5.74) is 8.48. The fourth-order valence-electron chi connectivity index (χ4n) is 3.68. The minimum absolute atomic E-state index is 0.256. The van der Waals surface area contributed by atoms with Crippen LogP contribution in [0.25, 0.3) is 11.1 Å². The van der Waals surface area contributed by atoms with Crippen LogP contribution < -0.4 is 20.5 Å². The van der Waals surface area contributed by atoms with E-state index in [9.17, 15) is 0 Å². The number of hydrogen-bond acceptors (Lipinski definition) is 7. The van der Waals surface area contributed by atoms with E-state index >= 15 is 0 Å². The molecule has 0 bridgehead atoms. The number of benzene rings is 1. The highest BCUT2D eigenvalue weighted by Gasteiger charge is 2.19. The molecule has 3 N–H and O–H groups in total. The molecular formula is C20H29N5O2. The van der Waals surface area contributed by atoms with Gasteiger partial charge in [-0.1, -0.05) is 6.07 Å². The Morgan fingerprint density at radius 3 is 2.81 bits per heavy atom. The average molecular weight is 371 g/mol. The number of aryl methyl sites for hydroxylation is 1. The summed E-state index contributed by atoms with van der Waals surface area (Å²) in [7, 11) is 5.65. The Morgan fingerprint density at radius 2 is 2.11 bits per heavy atom. The molecule has 0 spiro atoms. The normalized spacial score (nSPS) is 17.6. The summed E-state index contributed by atoms with van der Waals surface area (Å²) >= 11 is 0. The zero-order valence-corrected chi connectivity index (χ0v) is 16.6. The Hall–Kier alpha value is -2.54. The highest BCUT2D eigenvalue weighted by molar-refractivity contribution is 5.79. The van der Waals surface area contributed by atoms with Crippen molar-refractivity contribution in [2.45, 2.75) is 19.8 Å². The summed E-state index contributed by atoms with van der Waals surface area (Å²) in [5, 5.41) is 3.10. The second-order valence-corrected chi connectivity index (χ2v) is 7.09. The molecule has 1 atom stereocenters. The maximum absolute atomic E-state index is 6.18. The lowest BCUT2D eigenvalue weighted by molar-refractivity contribution is 0.148. The van der Waals surface area contributed by atoms with E-state index in [1.807, 2.05) is 32.2 Å². The lowest BCUT2D eigenvalue weighted by Crippen LogP contribution is -2.34. The van der Waals surface area contributed by atoms with Crippen molar-refractivity contribution in [3.8, 4) is 22.6 Å². The molecule has 1 aliphatic rings. The summed E-state index contributed by atoms with van der Waals surface area (Å²) in [5.74, 6) is 2.95. The van der Waals surface area contributed by atoms with Crippen LogP contribution in [0.4, 0.5) is 11.8 Å². The molecule has 0 saturated carbocycles. The van der Waals surface area contributed by atoms with Crippen molar-refractivity contribution in [1.82, 2.24) is 14.9 Å². The Bertz CT molecular complexity index is 796. The van der Waals surface area contributed by atoms with E-state index in [0.717, 1.165) is 34.9 Å². The number of anilines is 2. The molecule has 0 aliphatic carbocycles. The summed E-state index contributed by atoms with van der Waals surface area (Å²) < 4.78 is 11.7. The molecule has 1 aromatic carbocycles. The second-order valence-electron chi connectivity index (χ2n) is 7.09. The number of ether oxygens (including phenoxy) is 2. The Morgan fingerprint density at radius 1 is 1.30 bits per heavy atom. The van der Waals surface area contributed by atoms with Gasteiger partial charge < -0.3 is 25.4 Å². The molecule has 1 aliphatic heterocycles. The third-order valence-corrected chi connectivity index (χ3v) is 4.99. The van der Waals surface area contributed by atoms with Gasteiger partial charge in [-0.25, -0.2) is 4.98 Å². The van der Waals surface area contributed by atoms with Gasteiger partial charge in [-0.3, -0.25) is 0 Å². The van der Waals surface area contributed by atoms with E-state index in [-0.39, 0.29) is 5.95 Å². The number of likely N-dealkylation sites (tertiary alicyclic amines) is 1. The lowest BCUT2D eigenvalue weighted by atomic mass is 9.99. The van der Waals surface area contributed by atoms with Gasteiger partial charge in [0.25, 0.3) is 0 Å². The van der Waals surface area contributed by atoms with Gasteiger partial charge in [0.1, 0.15) is 5.82 Å². The maximum atomic E-state index is 6.18. The van der Waals surface area contributed by atoms with Crippen molar-refractivity contribution in [2.75, 3.05) is 52.0 Å². The van der Waals surface area contributed by atoms with Crippen LogP contribution in [0.15, 0.2) is 18.2 Å². The minimum atomic E-state index is 0.256. The molecule has 146 valence electrons. The van der Waals surface area contributed by atoms with Gasteiger partial charge in [0, 0.05) is 25.1 Å². The Balaban J connectivity index is 1.88. The highest BCUT2D eigenvalue weighted by Crippen LogP contribution is 2.36. The summed E-state index contributed by atoms with van der Waals surface area (Å²) in [6.07, 6.45) is 2.41. The molecule has 1 fully saturated rings. The van der Waals surface area contributed by atoms with Gasteiger partial charge in [0.05, 0.1) is 19.4 Å². The Labute approximate surface area is 160 Å². The van der Waals surface area contributed by atoms with Crippen molar-refractivity contribution in [3.05, 3.63) is 23.9 Å². The predicted octanol–water partition coefficient (Wildman–Crippen LogP) is 2.81. The van der Waals surface area contributed by atoms with Crippen LogP contribution in [0, 0.1) is 12.8 Å². The van der Waals surface area contributed by atoms with Crippen LogP contribution in [0.1, 0.15) is 18.5 Å². The monoisotopic (exact) mass is 371 g/mol. The fourth-order valence-corrected chi connectivity index (χ4v) is 3.68. The first kappa shape index (κ1) is 19.2. The van der Waals surface area contributed by atoms with Crippen LogP contribution in [-0.4, -0.2) is 55.8 Å². The first-order chi connectivity index (χ1) is 13.0. The Kier molecular flexibility index (Phi) is 6.01. The number of rotatable bonds is 6. The van der Waals surface area contributed by atoms with Gasteiger partial charge in [-0.05, 0) is 51.1 Å². The van der Waals surface area contributed by atoms with Gasteiger partial charge >= 0.3 is 0 Å². The van der Waals surface area contributed by atoms with Crippen LogP contribution >= 0.6 is 0 Å². The van der Waals surface area contributed by atoms with Crippen LogP contribution in [0.5, 0.6) is 11.5 Å². The average Bonchev–Trinajstić information content (AvgIpc) is 2.65. The number of nitrogens with zero attached hydrogens (tertiary/aromatic N) is 3. The fraction of sp³-hybridized carbons (Fsp3) is 0.500. The maximum Gasteiger partial charge on any atom is 0.222 e. The second kappa shape index (κ2) is 8.43. The summed E-state index contributed by atoms with van der Waals surface area (Å²) in [6.45, 7) is 4.84. The first-order valence-electron chi connectivity index (χ1n) is 9.33. The topological polar surface area (TPSA) is 85.5 Å². The quantitative estimate of drug-likeness (QED) is 0.807. The van der Waals surface area contributed by atoms with Crippen LogP contribution in [0.3, 0.4) is 0 Å². The SMILES string of the molecule is CNc1nc(N)nc(C)c1-c1ccc(OC)c(OCC2CCCN(C)C2)c1. The molecule has 2 aromatic rings. The molecule has 1 unspecified atom stereocenters. The lowest BCUT2D eigenvalue weighted by Gasteiger charge is -2.29. The zero-order valence-electron chi connectivity index (χ0n) is 16.6. The van der Waals surface area contributed by atoms with E-state index < -0.39 is 0 Å². The zero-order chi connectivity index (χ0) is 19.4. The predicted molar refractivity (Wildman–Crippen MR) is 108 cm³/mol. The number of methoxy groups -OCH3 is 1. The molecule has 7 nitrogen and oxygen atoms in total.